The number of methoxy groups -OCH3 is 1. The van der Waals surface area contributed by atoms with Crippen molar-refractivity contribution < 1.29 is 27.5 Å². The van der Waals surface area contributed by atoms with Crippen LogP contribution in [0.1, 0.15) is 53.6 Å². The van der Waals surface area contributed by atoms with Crippen molar-refractivity contribution in [1.82, 2.24) is 20.3 Å². The molecule has 1 saturated carbocycles. The van der Waals surface area contributed by atoms with E-state index in [1.54, 1.807) is 38.5 Å². The van der Waals surface area contributed by atoms with E-state index in [1.807, 2.05) is 12.1 Å². The zero-order valence-electron chi connectivity index (χ0n) is 21.2. The molecular weight excluding hydrogens is 496 g/mol. The largest absolute Gasteiger partial charge is 0.388 e. The molecule has 2 aliphatic rings. The lowest BCUT2D eigenvalue weighted by molar-refractivity contribution is 0.0821. The minimum atomic E-state index is -3.98. The van der Waals surface area contributed by atoms with Crippen molar-refractivity contribution in [3.05, 3.63) is 65.2 Å². The van der Waals surface area contributed by atoms with E-state index in [4.69, 9.17) is 0 Å². The summed E-state index contributed by atoms with van der Waals surface area (Å²) in [7, 11) is -0.730. The van der Waals surface area contributed by atoms with Crippen LogP contribution in [-0.4, -0.2) is 58.1 Å². The Bertz CT molecular complexity index is 1190. The van der Waals surface area contributed by atoms with Gasteiger partial charge < -0.3 is 15.4 Å². The van der Waals surface area contributed by atoms with E-state index in [0.29, 0.717) is 12.0 Å². The topological polar surface area (TPSA) is 134 Å². The maximum Gasteiger partial charge on any atom is 0.328 e. The smallest absolute Gasteiger partial charge is 0.328 e. The summed E-state index contributed by atoms with van der Waals surface area (Å²) in [5.74, 6) is -0.317. The van der Waals surface area contributed by atoms with E-state index in [-0.39, 0.29) is 29.9 Å². The summed E-state index contributed by atoms with van der Waals surface area (Å²) in [4.78, 5) is 38.0. The SMILES string of the molecule is COC.O=C(NC1CCCCC1)NS(=O)(=O)c1ccc(CCNC(=O)N2Cc3ccccc3C2=O)cc1. The molecule has 0 saturated heterocycles. The number of hydrogen-bond acceptors (Lipinski definition) is 6. The molecule has 1 heterocycles. The second kappa shape index (κ2) is 13.2. The molecule has 200 valence electrons. The first-order valence-corrected chi connectivity index (χ1v) is 13.7. The monoisotopic (exact) mass is 530 g/mol. The molecule has 0 atom stereocenters. The van der Waals surface area contributed by atoms with Gasteiger partial charge in [0, 0.05) is 32.4 Å². The lowest BCUT2D eigenvalue weighted by atomic mass is 9.96. The molecule has 0 radical (unpaired) electrons. The van der Waals surface area contributed by atoms with Gasteiger partial charge >= 0.3 is 12.1 Å². The van der Waals surface area contributed by atoms with Crippen LogP contribution in [0.5, 0.6) is 0 Å². The summed E-state index contributed by atoms with van der Waals surface area (Å²) in [6.45, 7) is 0.530. The number of amides is 5. The van der Waals surface area contributed by atoms with Crippen LogP contribution in [0, 0.1) is 0 Å². The molecule has 3 N–H and O–H groups in total. The van der Waals surface area contributed by atoms with Crippen LogP contribution < -0.4 is 15.4 Å². The number of rotatable bonds is 6. The molecule has 37 heavy (non-hydrogen) atoms. The van der Waals surface area contributed by atoms with Crippen LogP contribution in [-0.2, 0) is 27.7 Å². The normalized spacial score (nSPS) is 15.3. The Morgan fingerprint density at radius 2 is 1.65 bits per heavy atom. The summed E-state index contributed by atoms with van der Waals surface area (Å²) in [5, 5.41) is 5.46. The Balaban J connectivity index is 0.00000121. The molecule has 10 nitrogen and oxygen atoms in total. The van der Waals surface area contributed by atoms with Crippen molar-refractivity contribution in [2.75, 3.05) is 20.8 Å². The molecule has 1 fully saturated rings. The number of benzene rings is 2. The Hall–Kier alpha value is -3.44. The summed E-state index contributed by atoms with van der Waals surface area (Å²) in [6.07, 6.45) is 5.37. The number of hydrogen-bond donors (Lipinski definition) is 3. The van der Waals surface area contributed by atoms with Gasteiger partial charge in [0.2, 0.25) is 0 Å². The van der Waals surface area contributed by atoms with Crippen LogP contribution >= 0.6 is 0 Å². The lowest BCUT2D eigenvalue weighted by Gasteiger charge is -2.22. The maximum absolute atomic E-state index is 12.5. The van der Waals surface area contributed by atoms with Crippen molar-refractivity contribution >= 4 is 28.0 Å². The van der Waals surface area contributed by atoms with Crippen molar-refractivity contribution in [2.24, 2.45) is 0 Å². The Morgan fingerprint density at radius 1 is 1.00 bits per heavy atom. The minimum absolute atomic E-state index is 0.00607. The van der Waals surface area contributed by atoms with Crippen molar-refractivity contribution in [1.29, 1.82) is 0 Å². The fraction of sp³-hybridized carbons (Fsp3) is 0.423. The highest BCUT2D eigenvalue weighted by Crippen LogP contribution is 2.22. The number of carbonyl (C=O) groups is 3. The number of nitrogens with one attached hydrogen (secondary N) is 3. The highest BCUT2D eigenvalue weighted by molar-refractivity contribution is 7.90. The second-order valence-electron chi connectivity index (χ2n) is 9.00. The van der Waals surface area contributed by atoms with E-state index in [0.717, 1.165) is 43.2 Å². The van der Waals surface area contributed by atoms with Crippen molar-refractivity contribution in [2.45, 2.75) is 56.0 Å². The van der Waals surface area contributed by atoms with Gasteiger partial charge in [0.1, 0.15) is 0 Å². The summed E-state index contributed by atoms with van der Waals surface area (Å²) >= 11 is 0. The van der Waals surface area contributed by atoms with Crippen molar-refractivity contribution in [3.63, 3.8) is 0 Å². The van der Waals surface area contributed by atoms with E-state index in [9.17, 15) is 22.8 Å². The van der Waals surface area contributed by atoms with Crippen molar-refractivity contribution in [3.8, 4) is 0 Å². The van der Waals surface area contributed by atoms with Crippen LogP contribution in [0.25, 0.3) is 0 Å². The Labute approximate surface area is 217 Å². The third kappa shape index (κ3) is 7.77. The minimum Gasteiger partial charge on any atom is -0.388 e. The molecule has 1 aliphatic carbocycles. The van der Waals surface area contributed by atoms with Gasteiger partial charge in [0.05, 0.1) is 11.4 Å². The number of urea groups is 2. The zero-order chi connectivity index (χ0) is 26.8. The van der Waals surface area contributed by atoms with E-state index in [2.05, 4.69) is 20.1 Å². The molecule has 4 rings (SSSR count). The highest BCUT2D eigenvalue weighted by atomic mass is 32.2. The summed E-state index contributed by atoms with van der Waals surface area (Å²) < 4.78 is 31.3. The van der Waals surface area contributed by atoms with Crippen LogP contribution in [0.4, 0.5) is 9.59 Å². The summed E-state index contributed by atoms with van der Waals surface area (Å²) in [5.41, 5.74) is 2.16. The van der Waals surface area contributed by atoms with E-state index in [1.165, 1.54) is 17.0 Å². The zero-order valence-corrected chi connectivity index (χ0v) is 22.0. The predicted octanol–water partition coefficient (Wildman–Crippen LogP) is 3.18. The second-order valence-corrected chi connectivity index (χ2v) is 10.7. The number of sulfonamides is 1. The fourth-order valence-electron chi connectivity index (χ4n) is 4.31. The molecule has 0 aromatic heterocycles. The molecule has 0 unspecified atom stereocenters. The van der Waals surface area contributed by atoms with Gasteiger partial charge in [-0.2, -0.15) is 0 Å². The maximum atomic E-state index is 12.5. The average molecular weight is 531 g/mol. The number of nitrogens with zero attached hydrogens (tertiary/aromatic N) is 1. The number of carbonyl (C=O) groups excluding carboxylic acids is 3. The Kier molecular flexibility index (Phi) is 10.0. The van der Waals surface area contributed by atoms with Crippen LogP contribution in [0.2, 0.25) is 0 Å². The molecule has 1 aliphatic heterocycles. The molecule has 5 amide bonds. The molecule has 2 aromatic rings. The van der Waals surface area contributed by atoms with E-state index < -0.39 is 22.1 Å². The first-order valence-electron chi connectivity index (χ1n) is 12.2. The Morgan fingerprint density at radius 3 is 2.30 bits per heavy atom. The molecule has 11 heteroatoms. The number of ether oxygens (including phenoxy) is 1. The first-order chi connectivity index (χ1) is 17.7. The third-order valence-electron chi connectivity index (χ3n) is 6.16. The molecular formula is C26H34N4O6S. The van der Waals surface area contributed by atoms with Gasteiger partial charge in [-0.25, -0.2) is 22.7 Å². The average Bonchev–Trinajstić information content (AvgIpc) is 3.22. The lowest BCUT2D eigenvalue weighted by Crippen LogP contribution is -2.45. The van der Waals surface area contributed by atoms with Gasteiger partial charge in [-0.05, 0) is 48.6 Å². The van der Waals surface area contributed by atoms with Crippen LogP contribution in [0.3, 0.4) is 0 Å². The molecule has 0 spiro atoms. The standard InChI is InChI=1S/C24H28N4O5S.C2H6O/c29-22-21-9-5-4-6-18(21)16-28(22)24(31)25-15-14-17-10-12-20(13-11-17)34(32,33)27-23(30)26-19-7-2-1-3-8-19;1-3-2/h4-6,9-13,19H,1-3,7-8,14-16H2,(H,25,31)(H2,26,27,30);1-2H3. The molecule has 2 aromatic carbocycles. The van der Waals surface area contributed by atoms with Gasteiger partial charge in [0.15, 0.2) is 0 Å². The summed E-state index contributed by atoms with van der Waals surface area (Å²) in [6, 6.07) is 12.1. The number of imide groups is 1. The van der Waals surface area contributed by atoms with Crippen LogP contribution in [0.15, 0.2) is 53.4 Å². The van der Waals surface area contributed by atoms with Gasteiger partial charge in [-0.15, -0.1) is 0 Å². The van der Waals surface area contributed by atoms with Gasteiger partial charge in [-0.3, -0.25) is 9.69 Å². The quantitative estimate of drug-likeness (QED) is 0.525. The third-order valence-corrected chi connectivity index (χ3v) is 7.50. The predicted molar refractivity (Wildman–Crippen MR) is 139 cm³/mol. The first kappa shape index (κ1) is 28.1. The van der Waals surface area contributed by atoms with Gasteiger partial charge in [0.25, 0.3) is 15.9 Å². The van der Waals surface area contributed by atoms with Gasteiger partial charge in [-0.1, -0.05) is 49.6 Å². The fourth-order valence-corrected chi connectivity index (χ4v) is 5.22. The van der Waals surface area contributed by atoms with E-state index >= 15 is 0 Å². The molecule has 0 bridgehead atoms. The number of fused-ring (bicyclic) bond motifs is 1. The highest BCUT2D eigenvalue weighted by Gasteiger charge is 2.31.